The zero-order chi connectivity index (χ0) is 22.8. The molecular formula is C28H22N2O3. The molecule has 0 amide bonds. The van der Waals surface area contributed by atoms with E-state index in [1.165, 1.54) is 0 Å². The third-order valence-corrected chi connectivity index (χ3v) is 5.50. The van der Waals surface area contributed by atoms with Crippen molar-refractivity contribution in [1.29, 1.82) is 0 Å². The highest BCUT2D eigenvalue weighted by Crippen LogP contribution is 2.31. The lowest BCUT2D eigenvalue weighted by Crippen LogP contribution is -1.97. The number of esters is 1. The Morgan fingerprint density at radius 1 is 0.909 bits per heavy atom. The molecule has 0 radical (unpaired) electrons. The number of cyclic esters (lactones) is 1. The van der Waals surface area contributed by atoms with Gasteiger partial charge in [-0.05, 0) is 55.5 Å². The second kappa shape index (κ2) is 8.63. The maximum Gasteiger partial charge on any atom is 0.343 e. The van der Waals surface area contributed by atoms with Gasteiger partial charge in [0.05, 0.1) is 24.1 Å². The second-order valence-corrected chi connectivity index (χ2v) is 7.81. The van der Waals surface area contributed by atoms with E-state index in [0.717, 1.165) is 39.4 Å². The highest BCUT2D eigenvalue weighted by atomic mass is 16.5. The number of rotatable bonds is 5. The van der Waals surface area contributed by atoms with Gasteiger partial charge in [-0.25, -0.2) is 9.48 Å². The van der Waals surface area contributed by atoms with Crippen LogP contribution in [0, 0.1) is 6.92 Å². The lowest BCUT2D eigenvalue weighted by atomic mass is 10.1. The van der Waals surface area contributed by atoms with Gasteiger partial charge in [-0.15, -0.1) is 0 Å². The summed E-state index contributed by atoms with van der Waals surface area (Å²) in [6.07, 6.45) is 5.53. The number of aromatic nitrogens is 2. The van der Waals surface area contributed by atoms with E-state index in [1.54, 1.807) is 13.2 Å². The Morgan fingerprint density at radius 2 is 1.61 bits per heavy atom. The Balaban J connectivity index is 1.58. The van der Waals surface area contributed by atoms with Crippen molar-refractivity contribution in [3.63, 3.8) is 0 Å². The van der Waals surface area contributed by atoms with Crippen LogP contribution in [-0.2, 0) is 9.53 Å². The molecule has 0 unspecified atom stereocenters. The molecule has 1 aliphatic rings. The highest BCUT2D eigenvalue weighted by Gasteiger charge is 2.23. The van der Waals surface area contributed by atoms with Crippen molar-refractivity contribution in [3.05, 3.63) is 113 Å². The first-order chi connectivity index (χ1) is 16.1. The van der Waals surface area contributed by atoms with E-state index in [9.17, 15) is 4.79 Å². The number of hydrogen-bond acceptors (Lipinski definition) is 4. The summed E-state index contributed by atoms with van der Waals surface area (Å²) in [6, 6.07) is 25.5. The monoisotopic (exact) mass is 434 g/mol. The van der Waals surface area contributed by atoms with Crippen molar-refractivity contribution in [1.82, 2.24) is 9.78 Å². The molecule has 0 saturated carbocycles. The van der Waals surface area contributed by atoms with Gasteiger partial charge in [0, 0.05) is 22.9 Å². The van der Waals surface area contributed by atoms with E-state index < -0.39 is 0 Å². The first-order valence-electron chi connectivity index (χ1n) is 10.6. The predicted octanol–water partition coefficient (Wildman–Crippen LogP) is 5.84. The van der Waals surface area contributed by atoms with Crippen molar-refractivity contribution < 1.29 is 14.3 Å². The average molecular weight is 434 g/mol. The number of hydrogen-bond donors (Lipinski definition) is 0. The van der Waals surface area contributed by atoms with E-state index in [0.29, 0.717) is 11.3 Å². The average Bonchev–Trinajstić information content (AvgIpc) is 3.44. The molecule has 2 heterocycles. The predicted molar refractivity (Wildman–Crippen MR) is 129 cm³/mol. The number of methoxy groups -OCH3 is 1. The van der Waals surface area contributed by atoms with E-state index in [1.807, 2.05) is 103 Å². The van der Waals surface area contributed by atoms with Gasteiger partial charge in [-0.2, -0.15) is 5.10 Å². The van der Waals surface area contributed by atoms with Crippen LogP contribution in [0.5, 0.6) is 5.75 Å². The summed E-state index contributed by atoms with van der Waals surface area (Å²) in [5.74, 6) is 0.942. The van der Waals surface area contributed by atoms with Crippen molar-refractivity contribution >= 4 is 17.8 Å². The molecule has 5 heteroatoms. The minimum Gasteiger partial charge on any atom is -0.497 e. The van der Waals surface area contributed by atoms with E-state index in [-0.39, 0.29) is 5.97 Å². The molecule has 0 fully saturated rings. The zero-order valence-electron chi connectivity index (χ0n) is 18.4. The maximum absolute atomic E-state index is 12.7. The van der Waals surface area contributed by atoms with Gasteiger partial charge in [-0.1, -0.05) is 48.0 Å². The third kappa shape index (κ3) is 4.21. The molecule has 5 rings (SSSR count). The van der Waals surface area contributed by atoms with Crippen molar-refractivity contribution in [3.8, 4) is 22.7 Å². The molecule has 33 heavy (non-hydrogen) atoms. The van der Waals surface area contributed by atoms with Crippen LogP contribution in [0.15, 0.2) is 96.7 Å². The molecule has 162 valence electrons. The number of nitrogens with zero attached hydrogens (tertiary/aromatic N) is 2. The maximum atomic E-state index is 12.7. The van der Waals surface area contributed by atoms with Crippen LogP contribution in [0.4, 0.5) is 0 Å². The molecule has 1 aliphatic heterocycles. The molecule has 3 aromatic carbocycles. The summed E-state index contributed by atoms with van der Waals surface area (Å²) >= 11 is 0. The molecule has 5 nitrogen and oxygen atoms in total. The molecule has 0 spiro atoms. The van der Waals surface area contributed by atoms with Gasteiger partial charge in [0.25, 0.3) is 0 Å². The number of benzene rings is 3. The Labute approximate surface area is 192 Å². The van der Waals surface area contributed by atoms with Gasteiger partial charge in [0.1, 0.15) is 11.5 Å². The molecule has 0 bridgehead atoms. The van der Waals surface area contributed by atoms with Crippen LogP contribution < -0.4 is 4.74 Å². The number of aryl methyl sites for hydroxylation is 1. The fourth-order valence-electron chi connectivity index (χ4n) is 3.70. The fourth-order valence-corrected chi connectivity index (χ4v) is 3.70. The topological polar surface area (TPSA) is 53.4 Å². The fraction of sp³-hybridized carbons (Fsp3) is 0.0714. The van der Waals surface area contributed by atoms with Gasteiger partial charge < -0.3 is 9.47 Å². The van der Waals surface area contributed by atoms with Crippen LogP contribution >= 0.6 is 0 Å². The Morgan fingerprint density at radius 3 is 2.30 bits per heavy atom. The van der Waals surface area contributed by atoms with Gasteiger partial charge in [0.15, 0.2) is 0 Å². The minimum atomic E-state index is -0.376. The molecule has 0 aliphatic carbocycles. The summed E-state index contributed by atoms with van der Waals surface area (Å²) in [5, 5.41) is 4.82. The lowest BCUT2D eigenvalue weighted by Gasteiger charge is -2.03. The SMILES string of the molecule is COc1ccc(-c2nn(-c3ccccc3)cc2/C=C2\C=C(c3ccc(C)cc3)OC2=O)cc1. The van der Waals surface area contributed by atoms with Crippen molar-refractivity contribution in [2.75, 3.05) is 7.11 Å². The molecule has 0 N–H and O–H groups in total. The lowest BCUT2D eigenvalue weighted by molar-refractivity contribution is -0.130. The number of para-hydroxylation sites is 1. The first kappa shape index (κ1) is 20.5. The summed E-state index contributed by atoms with van der Waals surface area (Å²) in [7, 11) is 1.64. The van der Waals surface area contributed by atoms with Crippen LogP contribution in [0.3, 0.4) is 0 Å². The van der Waals surface area contributed by atoms with Crippen LogP contribution in [0.2, 0.25) is 0 Å². The van der Waals surface area contributed by atoms with Crippen molar-refractivity contribution in [2.24, 2.45) is 0 Å². The summed E-state index contributed by atoms with van der Waals surface area (Å²) in [5.41, 5.74) is 5.93. The number of ether oxygens (including phenoxy) is 2. The summed E-state index contributed by atoms with van der Waals surface area (Å²) in [4.78, 5) is 12.7. The number of carbonyl (C=O) groups excluding carboxylic acids is 1. The summed E-state index contributed by atoms with van der Waals surface area (Å²) in [6.45, 7) is 2.02. The van der Waals surface area contributed by atoms with Gasteiger partial charge in [-0.3, -0.25) is 0 Å². The Hall–Kier alpha value is -4.38. The van der Waals surface area contributed by atoms with Crippen molar-refractivity contribution in [2.45, 2.75) is 6.92 Å². The minimum absolute atomic E-state index is 0.376. The van der Waals surface area contributed by atoms with Gasteiger partial charge in [0.2, 0.25) is 0 Å². The van der Waals surface area contributed by atoms with Crippen LogP contribution in [0.1, 0.15) is 16.7 Å². The van der Waals surface area contributed by atoms with E-state index in [2.05, 4.69) is 0 Å². The third-order valence-electron chi connectivity index (χ3n) is 5.50. The standard InChI is InChI=1S/C28H22N2O3/c1-19-8-10-20(11-9-19)26-17-22(28(31)33-26)16-23-18-30(24-6-4-3-5-7-24)29-27(23)21-12-14-25(32-2)15-13-21/h3-18H,1-2H3/b22-16+. The largest absolute Gasteiger partial charge is 0.497 e. The number of carbonyl (C=O) groups is 1. The quantitative estimate of drug-likeness (QED) is 0.293. The second-order valence-electron chi connectivity index (χ2n) is 7.81. The van der Waals surface area contributed by atoms with E-state index in [4.69, 9.17) is 14.6 Å². The summed E-state index contributed by atoms with van der Waals surface area (Å²) < 4.78 is 12.7. The van der Waals surface area contributed by atoms with E-state index >= 15 is 0 Å². The Kier molecular flexibility index (Phi) is 5.37. The molecular weight excluding hydrogens is 412 g/mol. The molecule has 0 atom stereocenters. The smallest absolute Gasteiger partial charge is 0.343 e. The van der Waals surface area contributed by atoms with Crippen LogP contribution in [0.25, 0.3) is 28.8 Å². The normalized spacial score (nSPS) is 14.3. The van der Waals surface area contributed by atoms with Gasteiger partial charge >= 0.3 is 5.97 Å². The Bertz CT molecular complexity index is 1360. The first-order valence-corrected chi connectivity index (χ1v) is 10.6. The highest BCUT2D eigenvalue weighted by molar-refractivity contribution is 6.05. The molecule has 1 aromatic heterocycles. The zero-order valence-corrected chi connectivity index (χ0v) is 18.4. The molecule has 4 aromatic rings. The van der Waals surface area contributed by atoms with Crippen LogP contribution in [-0.4, -0.2) is 22.9 Å². The molecule has 0 saturated heterocycles.